The Hall–Kier alpha value is -1.86. The second-order valence-electron chi connectivity index (χ2n) is 4.52. The van der Waals surface area contributed by atoms with E-state index in [-0.39, 0.29) is 5.91 Å². The van der Waals surface area contributed by atoms with Gasteiger partial charge in [0, 0.05) is 6.61 Å². The van der Waals surface area contributed by atoms with Crippen LogP contribution in [0.1, 0.15) is 26.3 Å². The second-order valence-corrected chi connectivity index (χ2v) is 4.52. The molecule has 0 aliphatic carbocycles. The lowest BCUT2D eigenvalue weighted by Gasteiger charge is -2.15. The molecule has 0 saturated heterocycles. The number of para-hydroxylation sites is 1. The summed E-state index contributed by atoms with van der Waals surface area (Å²) in [6.07, 6.45) is -0.529. The van der Waals surface area contributed by atoms with Gasteiger partial charge in [-0.25, -0.2) is 0 Å². The maximum absolute atomic E-state index is 11.8. The number of nitrogens with zero attached hydrogens (tertiary/aromatic N) is 1. The van der Waals surface area contributed by atoms with E-state index < -0.39 is 6.10 Å². The van der Waals surface area contributed by atoms with Gasteiger partial charge in [-0.05, 0) is 25.0 Å². The summed E-state index contributed by atoms with van der Waals surface area (Å²) in [6.45, 7) is 6.28. The van der Waals surface area contributed by atoms with Crippen molar-refractivity contribution in [2.24, 2.45) is 5.92 Å². The van der Waals surface area contributed by atoms with Crippen LogP contribution in [0.15, 0.2) is 24.3 Å². The Balaban J connectivity index is 2.62. The van der Waals surface area contributed by atoms with E-state index in [4.69, 9.17) is 10.00 Å². The van der Waals surface area contributed by atoms with E-state index >= 15 is 0 Å². The quantitative estimate of drug-likeness (QED) is 0.868. The zero-order valence-electron chi connectivity index (χ0n) is 10.9. The summed E-state index contributed by atoms with van der Waals surface area (Å²) in [5.74, 6) is 0.144. The molecule has 1 unspecified atom stereocenters. The summed E-state index contributed by atoms with van der Waals surface area (Å²) in [5.41, 5.74) is 0.965. The van der Waals surface area contributed by atoms with Crippen molar-refractivity contribution in [3.63, 3.8) is 0 Å². The van der Waals surface area contributed by atoms with Crippen molar-refractivity contribution in [2.75, 3.05) is 11.9 Å². The Morgan fingerprint density at radius 3 is 2.67 bits per heavy atom. The molecule has 4 nitrogen and oxygen atoms in total. The molecule has 0 fully saturated rings. The molecule has 1 aromatic rings. The number of carbonyl (C=O) groups excluding carboxylic acids is 1. The highest BCUT2D eigenvalue weighted by Crippen LogP contribution is 2.14. The second kappa shape index (κ2) is 6.77. The summed E-state index contributed by atoms with van der Waals surface area (Å²) < 4.78 is 5.42. The number of hydrogen-bond acceptors (Lipinski definition) is 3. The van der Waals surface area contributed by atoms with Crippen molar-refractivity contribution in [2.45, 2.75) is 26.9 Å². The first-order chi connectivity index (χ1) is 8.54. The summed E-state index contributed by atoms with van der Waals surface area (Å²) in [7, 11) is 0. The molecule has 0 aromatic heterocycles. The van der Waals surface area contributed by atoms with Crippen molar-refractivity contribution >= 4 is 11.6 Å². The van der Waals surface area contributed by atoms with Crippen LogP contribution in [0, 0.1) is 17.2 Å². The van der Waals surface area contributed by atoms with E-state index in [0.717, 1.165) is 0 Å². The lowest BCUT2D eigenvalue weighted by atomic mass is 10.2. The minimum atomic E-state index is -0.529. The molecule has 0 spiro atoms. The first-order valence-electron chi connectivity index (χ1n) is 5.96. The largest absolute Gasteiger partial charge is 0.368 e. The van der Waals surface area contributed by atoms with Gasteiger partial charge in [0.05, 0.1) is 11.3 Å². The molecular weight excluding hydrogens is 228 g/mol. The van der Waals surface area contributed by atoms with E-state index in [0.29, 0.717) is 23.8 Å². The van der Waals surface area contributed by atoms with E-state index in [1.165, 1.54) is 0 Å². The molecule has 1 amide bonds. The summed E-state index contributed by atoms with van der Waals surface area (Å²) >= 11 is 0. The fourth-order valence-corrected chi connectivity index (χ4v) is 1.34. The van der Waals surface area contributed by atoms with Crippen LogP contribution in [-0.2, 0) is 9.53 Å². The molecule has 1 N–H and O–H groups in total. The lowest BCUT2D eigenvalue weighted by Crippen LogP contribution is -2.29. The van der Waals surface area contributed by atoms with E-state index in [2.05, 4.69) is 5.32 Å². The highest BCUT2D eigenvalue weighted by molar-refractivity contribution is 5.95. The van der Waals surface area contributed by atoms with Crippen LogP contribution < -0.4 is 5.32 Å². The van der Waals surface area contributed by atoms with Crippen LogP contribution in [0.4, 0.5) is 5.69 Å². The number of nitrogens with one attached hydrogen (secondary N) is 1. The van der Waals surface area contributed by atoms with Crippen molar-refractivity contribution in [3.8, 4) is 6.07 Å². The maximum atomic E-state index is 11.8. The summed E-state index contributed by atoms with van der Waals surface area (Å²) in [4.78, 5) is 11.8. The van der Waals surface area contributed by atoms with Crippen molar-refractivity contribution < 1.29 is 9.53 Å². The van der Waals surface area contributed by atoms with Crippen molar-refractivity contribution in [3.05, 3.63) is 29.8 Å². The zero-order valence-corrected chi connectivity index (χ0v) is 10.9. The Bertz CT molecular complexity index is 449. The van der Waals surface area contributed by atoms with Gasteiger partial charge < -0.3 is 10.1 Å². The fraction of sp³-hybridized carbons (Fsp3) is 0.429. The number of carbonyl (C=O) groups is 1. The molecule has 1 atom stereocenters. The van der Waals surface area contributed by atoms with Crippen LogP contribution in [0.25, 0.3) is 0 Å². The number of anilines is 1. The molecule has 18 heavy (non-hydrogen) atoms. The van der Waals surface area contributed by atoms with Crippen LogP contribution in [0.5, 0.6) is 0 Å². The first kappa shape index (κ1) is 14.2. The number of rotatable bonds is 5. The molecule has 0 radical (unpaired) electrons. The molecule has 1 rings (SSSR count). The average Bonchev–Trinajstić information content (AvgIpc) is 2.36. The van der Waals surface area contributed by atoms with Gasteiger partial charge in [0.15, 0.2) is 0 Å². The summed E-state index contributed by atoms with van der Waals surface area (Å²) in [5, 5.41) is 11.6. The molecule has 1 aromatic carbocycles. The van der Waals surface area contributed by atoms with Gasteiger partial charge >= 0.3 is 0 Å². The minimum Gasteiger partial charge on any atom is -0.368 e. The lowest BCUT2D eigenvalue weighted by molar-refractivity contribution is -0.126. The Kier molecular flexibility index (Phi) is 5.34. The fourth-order valence-electron chi connectivity index (χ4n) is 1.34. The van der Waals surface area contributed by atoms with E-state index in [1.807, 2.05) is 19.9 Å². The topological polar surface area (TPSA) is 62.1 Å². The third-order valence-corrected chi connectivity index (χ3v) is 2.35. The van der Waals surface area contributed by atoms with Crippen LogP contribution in [0.3, 0.4) is 0 Å². The number of ether oxygens (including phenoxy) is 1. The van der Waals surface area contributed by atoms with Crippen LogP contribution in [0.2, 0.25) is 0 Å². The smallest absolute Gasteiger partial charge is 0.253 e. The molecule has 0 bridgehead atoms. The molecular formula is C14H18N2O2. The van der Waals surface area contributed by atoms with Gasteiger partial charge in [0.2, 0.25) is 0 Å². The van der Waals surface area contributed by atoms with Gasteiger partial charge in [0.1, 0.15) is 12.2 Å². The normalized spacial score (nSPS) is 11.9. The third-order valence-electron chi connectivity index (χ3n) is 2.35. The van der Waals surface area contributed by atoms with Gasteiger partial charge in [-0.1, -0.05) is 26.0 Å². The third kappa shape index (κ3) is 4.19. The van der Waals surface area contributed by atoms with Crippen molar-refractivity contribution in [1.82, 2.24) is 0 Å². The number of hydrogen-bond donors (Lipinski definition) is 1. The number of nitriles is 1. The Morgan fingerprint density at radius 1 is 1.39 bits per heavy atom. The van der Waals surface area contributed by atoms with E-state index in [1.54, 1.807) is 31.2 Å². The highest BCUT2D eigenvalue weighted by atomic mass is 16.5. The van der Waals surface area contributed by atoms with E-state index in [9.17, 15) is 4.79 Å². The first-order valence-corrected chi connectivity index (χ1v) is 5.96. The van der Waals surface area contributed by atoms with Gasteiger partial charge in [-0.2, -0.15) is 5.26 Å². The zero-order chi connectivity index (χ0) is 13.5. The molecule has 0 aliphatic heterocycles. The molecule has 4 heteroatoms. The Morgan fingerprint density at radius 2 is 2.06 bits per heavy atom. The molecule has 0 heterocycles. The molecule has 96 valence electrons. The standard InChI is InChI=1S/C14H18N2O2/c1-10(2)9-18-11(3)14(17)16-13-7-5-4-6-12(13)8-15/h4-7,10-11H,9H2,1-3H3,(H,16,17). The molecule has 0 saturated carbocycles. The van der Waals surface area contributed by atoms with Gasteiger partial charge in [0.25, 0.3) is 5.91 Å². The maximum Gasteiger partial charge on any atom is 0.253 e. The monoisotopic (exact) mass is 246 g/mol. The predicted octanol–water partition coefficient (Wildman–Crippen LogP) is 2.56. The van der Waals surface area contributed by atoms with Gasteiger partial charge in [-0.3, -0.25) is 4.79 Å². The highest BCUT2D eigenvalue weighted by Gasteiger charge is 2.15. The van der Waals surface area contributed by atoms with Gasteiger partial charge in [-0.15, -0.1) is 0 Å². The predicted molar refractivity (Wildman–Crippen MR) is 70.0 cm³/mol. The number of benzene rings is 1. The average molecular weight is 246 g/mol. The van der Waals surface area contributed by atoms with Crippen LogP contribution >= 0.6 is 0 Å². The molecule has 0 aliphatic rings. The van der Waals surface area contributed by atoms with Crippen molar-refractivity contribution in [1.29, 1.82) is 5.26 Å². The Labute approximate surface area is 108 Å². The number of amides is 1. The SMILES string of the molecule is CC(C)COC(C)C(=O)Nc1ccccc1C#N. The van der Waals surface area contributed by atoms with Crippen LogP contribution in [-0.4, -0.2) is 18.6 Å². The summed E-state index contributed by atoms with van der Waals surface area (Å²) in [6, 6.07) is 8.93. The minimum absolute atomic E-state index is 0.238.